The average molecular weight is 580 g/mol. The summed E-state index contributed by atoms with van der Waals surface area (Å²) in [6.45, 7) is 8.37. The SMILES string of the molecule is CC(C)(C)c1ccc(-n2nnnc2SCC(=O)Nc2ccc(OCC(=O)N3CCOCC3)cc2Cl)c(Cl)c1. The van der Waals surface area contributed by atoms with Gasteiger partial charge in [0.2, 0.25) is 11.1 Å². The molecule has 0 atom stereocenters. The Kier molecular flexibility index (Phi) is 9.14. The van der Waals surface area contributed by atoms with Crippen LogP contribution in [0.4, 0.5) is 5.69 Å². The van der Waals surface area contributed by atoms with E-state index in [1.165, 1.54) is 16.4 Å². The van der Waals surface area contributed by atoms with E-state index in [0.717, 1.165) is 5.56 Å². The number of thioether (sulfide) groups is 1. The number of halogens is 2. The number of hydrogen-bond donors (Lipinski definition) is 1. The van der Waals surface area contributed by atoms with Crippen molar-refractivity contribution in [1.82, 2.24) is 25.1 Å². The van der Waals surface area contributed by atoms with Crippen LogP contribution in [0.2, 0.25) is 10.0 Å². The van der Waals surface area contributed by atoms with Gasteiger partial charge in [-0.05, 0) is 45.7 Å². The number of carbonyl (C=O) groups is 2. The number of benzene rings is 2. The summed E-state index contributed by atoms with van der Waals surface area (Å²) in [7, 11) is 0. The minimum absolute atomic E-state index is 0.0424. The number of hydrogen-bond acceptors (Lipinski definition) is 8. The van der Waals surface area contributed by atoms with Crippen LogP contribution in [0.15, 0.2) is 41.6 Å². The maximum Gasteiger partial charge on any atom is 0.260 e. The van der Waals surface area contributed by atoms with E-state index in [1.807, 2.05) is 18.2 Å². The Labute approximate surface area is 234 Å². The van der Waals surface area contributed by atoms with E-state index in [9.17, 15) is 9.59 Å². The van der Waals surface area contributed by atoms with Crippen molar-refractivity contribution >= 4 is 52.5 Å². The van der Waals surface area contributed by atoms with E-state index in [4.69, 9.17) is 32.7 Å². The smallest absolute Gasteiger partial charge is 0.260 e. The second kappa shape index (κ2) is 12.3. The summed E-state index contributed by atoms with van der Waals surface area (Å²) in [6, 6.07) is 10.6. The van der Waals surface area contributed by atoms with Crippen LogP contribution in [0.3, 0.4) is 0 Å². The number of anilines is 1. The first-order valence-electron chi connectivity index (χ1n) is 11.9. The molecular weight excluding hydrogens is 551 g/mol. The molecule has 1 aliphatic rings. The van der Waals surface area contributed by atoms with Crippen molar-refractivity contribution in [2.75, 3.05) is 44.0 Å². The maximum absolute atomic E-state index is 12.6. The van der Waals surface area contributed by atoms with Crippen LogP contribution in [0.5, 0.6) is 5.75 Å². The van der Waals surface area contributed by atoms with Gasteiger partial charge in [-0.1, -0.05) is 61.8 Å². The molecule has 0 spiro atoms. The Morgan fingerprint density at radius 3 is 2.55 bits per heavy atom. The van der Waals surface area contributed by atoms with Gasteiger partial charge in [0.15, 0.2) is 6.61 Å². The topological polar surface area (TPSA) is 111 Å². The Bertz CT molecular complexity index is 1310. The van der Waals surface area contributed by atoms with Gasteiger partial charge < -0.3 is 19.7 Å². The van der Waals surface area contributed by atoms with Crippen molar-refractivity contribution in [3.8, 4) is 11.4 Å². The van der Waals surface area contributed by atoms with Crippen LogP contribution in [0.25, 0.3) is 5.69 Å². The number of amides is 2. The zero-order valence-electron chi connectivity index (χ0n) is 21.2. The van der Waals surface area contributed by atoms with Crippen molar-refractivity contribution < 1.29 is 19.1 Å². The van der Waals surface area contributed by atoms with E-state index >= 15 is 0 Å². The standard InChI is InChI=1S/C25H28Cl2N6O4S/c1-25(2,3)16-4-7-21(19(27)12-16)33-24(29-30-31-33)38-15-22(34)28-20-6-5-17(13-18(20)26)37-14-23(35)32-8-10-36-11-9-32/h4-7,12-13H,8-11,14-15H2,1-3H3,(H,28,34). The number of morpholine rings is 1. The summed E-state index contributed by atoms with van der Waals surface area (Å²) in [4.78, 5) is 26.6. The fourth-order valence-corrected chi connectivity index (χ4v) is 4.78. The molecule has 1 fully saturated rings. The average Bonchev–Trinajstić information content (AvgIpc) is 3.35. The number of rotatable bonds is 8. The molecule has 1 aromatic heterocycles. The third kappa shape index (κ3) is 7.16. The predicted octanol–water partition coefficient (Wildman–Crippen LogP) is 4.24. The third-order valence-electron chi connectivity index (χ3n) is 5.76. The molecular formula is C25H28Cl2N6O4S. The number of tetrazole rings is 1. The monoisotopic (exact) mass is 578 g/mol. The highest BCUT2D eigenvalue weighted by atomic mass is 35.5. The molecule has 1 saturated heterocycles. The Balaban J connectivity index is 1.32. The fraction of sp³-hybridized carbons (Fsp3) is 0.400. The first-order chi connectivity index (χ1) is 18.1. The van der Waals surface area contributed by atoms with Gasteiger partial charge in [-0.25, -0.2) is 0 Å². The van der Waals surface area contributed by atoms with Crippen molar-refractivity contribution in [3.63, 3.8) is 0 Å². The van der Waals surface area contributed by atoms with Crippen LogP contribution < -0.4 is 10.1 Å². The zero-order valence-corrected chi connectivity index (χ0v) is 23.6. The van der Waals surface area contributed by atoms with Gasteiger partial charge in [-0.2, -0.15) is 4.68 Å². The van der Waals surface area contributed by atoms with Crippen molar-refractivity contribution in [1.29, 1.82) is 0 Å². The molecule has 2 aromatic carbocycles. The zero-order chi connectivity index (χ0) is 27.3. The second-order valence-corrected chi connectivity index (χ2v) is 11.3. The van der Waals surface area contributed by atoms with Gasteiger partial charge in [0, 0.05) is 19.2 Å². The van der Waals surface area contributed by atoms with Crippen LogP contribution in [0.1, 0.15) is 26.3 Å². The molecule has 0 bridgehead atoms. The molecule has 2 heterocycles. The maximum atomic E-state index is 12.6. The van der Waals surface area contributed by atoms with Crippen LogP contribution in [-0.4, -0.2) is 75.6 Å². The molecule has 3 aromatic rings. The van der Waals surface area contributed by atoms with E-state index in [2.05, 4.69) is 41.6 Å². The summed E-state index contributed by atoms with van der Waals surface area (Å²) in [5.74, 6) is 0.0580. The lowest BCUT2D eigenvalue weighted by Crippen LogP contribution is -2.42. The fourth-order valence-electron chi connectivity index (χ4n) is 3.62. The quantitative estimate of drug-likeness (QED) is 0.395. The molecule has 2 amide bonds. The highest BCUT2D eigenvalue weighted by molar-refractivity contribution is 7.99. The first-order valence-corrected chi connectivity index (χ1v) is 13.7. The summed E-state index contributed by atoms with van der Waals surface area (Å²) in [5.41, 5.74) is 2.08. The lowest BCUT2D eigenvalue weighted by Gasteiger charge is -2.26. The van der Waals surface area contributed by atoms with Gasteiger partial charge in [0.05, 0.1) is 40.4 Å². The van der Waals surface area contributed by atoms with Gasteiger partial charge in [-0.3, -0.25) is 9.59 Å². The minimum atomic E-state index is -0.295. The normalized spacial score (nSPS) is 13.9. The summed E-state index contributed by atoms with van der Waals surface area (Å²) in [6.07, 6.45) is 0. The van der Waals surface area contributed by atoms with Crippen LogP contribution >= 0.6 is 35.0 Å². The highest BCUT2D eigenvalue weighted by Crippen LogP contribution is 2.31. The first kappa shape index (κ1) is 28.2. The molecule has 0 radical (unpaired) electrons. The lowest BCUT2D eigenvalue weighted by molar-refractivity contribution is -0.137. The predicted molar refractivity (Wildman–Crippen MR) is 147 cm³/mol. The molecule has 202 valence electrons. The third-order valence-corrected chi connectivity index (χ3v) is 7.29. The number of nitrogens with one attached hydrogen (secondary N) is 1. The Morgan fingerprint density at radius 2 is 1.87 bits per heavy atom. The Hall–Kier alpha value is -2.86. The molecule has 4 rings (SSSR count). The van der Waals surface area contributed by atoms with E-state index in [0.29, 0.717) is 53.6 Å². The van der Waals surface area contributed by atoms with Crippen LogP contribution in [-0.2, 0) is 19.7 Å². The summed E-state index contributed by atoms with van der Waals surface area (Å²) < 4.78 is 12.3. The molecule has 0 saturated carbocycles. The van der Waals surface area contributed by atoms with Gasteiger partial charge >= 0.3 is 0 Å². The molecule has 1 N–H and O–H groups in total. The van der Waals surface area contributed by atoms with Crippen LogP contribution in [0, 0.1) is 0 Å². The highest BCUT2D eigenvalue weighted by Gasteiger charge is 2.20. The summed E-state index contributed by atoms with van der Waals surface area (Å²) >= 11 is 14.0. The Morgan fingerprint density at radius 1 is 1.11 bits per heavy atom. The van der Waals surface area contributed by atoms with Crippen molar-refractivity contribution in [2.45, 2.75) is 31.3 Å². The molecule has 38 heavy (non-hydrogen) atoms. The van der Waals surface area contributed by atoms with Gasteiger partial charge in [0.25, 0.3) is 5.91 Å². The molecule has 0 aliphatic carbocycles. The van der Waals surface area contributed by atoms with Gasteiger partial charge in [-0.15, -0.1) is 5.10 Å². The van der Waals surface area contributed by atoms with Crippen molar-refractivity contribution in [3.05, 3.63) is 52.0 Å². The second-order valence-electron chi connectivity index (χ2n) is 9.55. The van der Waals surface area contributed by atoms with E-state index in [1.54, 1.807) is 23.1 Å². The molecule has 1 aliphatic heterocycles. The minimum Gasteiger partial charge on any atom is -0.484 e. The molecule has 0 unspecified atom stereocenters. The molecule has 13 heteroatoms. The lowest BCUT2D eigenvalue weighted by atomic mass is 9.87. The number of nitrogens with zero attached hydrogens (tertiary/aromatic N) is 5. The van der Waals surface area contributed by atoms with Gasteiger partial charge in [0.1, 0.15) is 5.75 Å². The molecule has 10 nitrogen and oxygen atoms in total. The number of carbonyl (C=O) groups excluding carboxylic acids is 2. The van der Waals surface area contributed by atoms with Crippen molar-refractivity contribution in [2.24, 2.45) is 0 Å². The largest absolute Gasteiger partial charge is 0.484 e. The van der Waals surface area contributed by atoms with E-state index < -0.39 is 0 Å². The summed E-state index contributed by atoms with van der Waals surface area (Å²) in [5, 5.41) is 15.8. The number of ether oxygens (including phenoxy) is 2. The van der Waals surface area contributed by atoms with E-state index in [-0.39, 0.29) is 34.6 Å². The number of aromatic nitrogens is 4.